The quantitative estimate of drug-likeness (QED) is 0.797. The van der Waals surface area contributed by atoms with Crippen LogP contribution in [0.2, 0.25) is 0 Å². The summed E-state index contributed by atoms with van der Waals surface area (Å²) in [5.74, 6) is 1.14. The number of aromatic nitrogens is 3. The fourth-order valence-corrected chi connectivity index (χ4v) is 4.62. The van der Waals surface area contributed by atoms with Gasteiger partial charge in [0.2, 0.25) is 11.8 Å². The lowest BCUT2D eigenvalue weighted by Gasteiger charge is -2.26. The molecule has 2 aromatic rings. The number of ether oxygens (including phenoxy) is 1. The van der Waals surface area contributed by atoms with Gasteiger partial charge in [-0.1, -0.05) is 5.16 Å². The average molecular weight is 377 g/mol. The predicted octanol–water partition coefficient (Wildman–Crippen LogP) is 1.43. The normalized spacial score (nSPS) is 20.1. The van der Waals surface area contributed by atoms with Crippen molar-refractivity contribution < 1.29 is 14.1 Å². The molecular weight excluding hydrogens is 354 g/mol. The van der Waals surface area contributed by atoms with Crippen molar-refractivity contribution in [2.24, 2.45) is 5.92 Å². The summed E-state index contributed by atoms with van der Waals surface area (Å²) in [5, 5.41) is 4.84. The van der Waals surface area contributed by atoms with Crippen molar-refractivity contribution in [1.29, 1.82) is 0 Å². The highest BCUT2D eigenvalue weighted by molar-refractivity contribution is 7.15. The zero-order valence-electron chi connectivity index (χ0n) is 15.1. The number of morpholine rings is 1. The highest BCUT2D eigenvalue weighted by Gasteiger charge is 2.31. The van der Waals surface area contributed by atoms with Crippen LogP contribution in [0.3, 0.4) is 0 Å². The van der Waals surface area contributed by atoms with Crippen LogP contribution in [0.4, 0.5) is 5.13 Å². The molecule has 1 aliphatic carbocycles. The van der Waals surface area contributed by atoms with Crippen molar-refractivity contribution in [2.75, 3.05) is 38.3 Å². The molecule has 140 valence electrons. The van der Waals surface area contributed by atoms with E-state index in [1.807, 2.05) is 0 Å². The van der Waals surface area contributed by atoms with Crippen LogP contribution in [-0.4, -0.2) is 59.3 Å². The second kappa shape index (κ2) is 7.32. The maximum atomic E-state index is 12.8. The number of amides is 1. The zero-order chi connectivity index (χ0) is 18.1. The Hall–Kier alpha value is -2.00. The van der Waals surface area contributed by atoms with E-state index in [9.17, 15) is 4.79 Å². The first kappa shape index (κ1) is 17.4. The third kappa shape index (κ3) is 3.59. The topological polar surface area (TPSA) is 84.6 Å². The number of anilines is 1. The van der Waals surface area contributed by atoms with Crippen molar-refractivity contribution in [3.63, 3.8) is 0 Å². The molecule has 1 fully saturated rings. The monoisotopic (exact) mass is 377 g/mol. The number of thiazole rings is 1. The fraction of sp³-hybridized carbons (Fsp3) is 0.647. The third-order valence-electron chi connectivity index (χ3n) is 4.88. The lowest BCUT2D eigenvalue weighted by Crippen LogP contribution is -2.36. The van der Waals surface area contributed by atoms with Gasteiger partial charge in [-0.3, -0.25) is 4.79 Å². The summed E-state index contributed by atoms with van der Waals surface area (Å²) < 4.78 is 10.5. The van der Waals surface area contributed by atoms with Gasteiger partial charge in [-0.05, 0) is 19.8 Å². The first-order chi connectivity index (χ1) is 12.6. The molecule has 1 saturated heterocycles. The first-order valence-corrected chi connectivity index (χ1v) is 9.77. The van der Waals surface area contributed by atoms with Crippen LogP contribution in [0.15, 0.2) is 4.52 Å². The Labute approximate surface area is 156 Å². The molecule has 0 spiro atoms. The lowest BCUT2D eigenvalue weighted by atomic mass is 9.90. The molecule has 8 nitrogen and oxygen atoms in total. The van der Waals surface area contributed by atoms with E-state index in [1.165, 1.54) is 4.88 Å². The summed E-state index contributed by atoms with van der Waals surface area (Å²) in [6.45, 7) is 5.41. The van der Waals surface area contributed by atoms with Crippen molar-refractivity contribution in [3.05, 3.63) is 22.3 Å². The van der Waals surface area contributed by atoms with Gasteiger partial charge in [-0.15, -0.1) is 11.3 Å². The molecular formula is C17H23N5O3S. The van der Waals surface area contributed by atoms with Gasteiger partial charge >= 0.3 is 0 Å². The smallest absolute Gasteiger partial charge is 0.246 e. The molecule has 9 heteroatoms. The highest BCUT2D eigenvalue weighted by Crippen LogP contribution is 2.34. The van der Waals surface area contributed by atoms with E-state index < -0.39 is 0 Å². The van der Waals surface area contributed by atoms with E-state index in [1.54, 1.807) is 30.2 Å². The molecule has 2 aliphatic rings. The summed E-state index contributed by atoms with van der Waals surface area (Å²) in [5.41, 5.74) is 1.09. The van der Waals surface area contributed by atoms with Crippen LogP contribution in [0.5, 0.6) is 0 Å². The summed E-state index contributed by atoms with van der Waals surface area (Å²) in [6, 6.07) is 0. The Kier molecular flexibility index (Phi) is 4.90. The van der Waals surface area contributed by atoms with Crippen LogP contribution in [0, 0.1) is 12.8 Å². The molecule has 1 atom stereocenters. The summed E-state index contributed by atoms with van der Waals surface area (Å²) in [6.07, 6.45) is 2.49. The van der Waals surface area contributed by atoms with Crippen molar-refractivity contribution >= 4 is 22.4 Å². The molecule has 26 heavy (non-hydrogen) atoms. The van der Waals surface area contributed by atoms with Gasteiger partial charge in [0, 0.05) is 37.4 Å². The minimum atomic E-state index is -0.0313. The zero-order valence-corrected chi connectivity index (χ0v) is 15.9. The van der Waals surface area contributed by atoms with Crippen LogP contribution >= 0.6 is 11.3 Å². The van der Waals surface area contributed by atoms with Gasteiger partial charge in [0.05, 0.1) is 25.5 Å². The number of hydrogen-bond donors (Lipinski definition) is 0. The van der Waals surface area contributed by atoms with Crippen molar-refractivity contribution in [2.45, 2.75) is 32.7 Å². The largest absolute Gasteiger partial charge is 0.378 e. The Morgan fingerprint density at radius 3 is 2.88 bits per heavy atom. The number of carbonyl (C=O) groups excluding carboxylic acids is 1. The summed E-state index contributed by atoms with van der Waals surface area (Å²) in [7, 11) is 1.79. The van der Waals surface area contributed by atoms with E-state index in [-0.39, 0.29) is 11.8 Å². The van der Waals surface area contributed by atoms with E-state index in [0.717, 1.165) is 50.0 Å². The fourth-order valence-electron chi connectivity index (χ4n) is 3.46. The van der Waals surface area contributed by atoms with E-state index in [0.29, 0.717) is 24.7 Å². The molecule has 1 unspecified atom stereocenters. The number of hydrogen-bond acceptors (Lipinski definition) is 8. The lowest BCUT2D eigenvalue weighted by molar-refractivity contribution is -0.135. The number of aryl methyl sites for hydroxylation is 2. The van der Waals surface area contributed by atoms with Crippen LogP contribution in [0.25, 0.3) is 0 Å². The summed E-state index contributed by atoms with van der Waals surface area (Å²) in [4.78, 5) is 27.1. The van der Waals surface area contributed by atoms with Crippen LogP contribution in [0.1, 0.15) is 28.7 Å². The predicted molar refractivity (Wildman–Crippen MR) is 96.2 cm³/mol. The minimum absolute atomic E-state index is 0.0313. The molecule has 3 heterocycles. The maximum Gasteiger partial charge on any atom is 0.246 e. The summed E-state index contributed by atoms with van der Waals surface area (Å²) >= 11 is 1.77. The van der Waals surface area contributed by atoms with Gasteiger partial charge < -0.3 is 19.1 Å². The van der Waals surface area contributed by atoms with Crippen molar-refractivity contribution in [1.82, 2.24) is 20.0 Å². The third-order valence-corrected chi connectivity index (χ3v) is 6.09. The molecule has 1 amide bonds. The molecule has 0 radical (unpaired) electrons. The minimum Gasteiger partial charge on any atom is -0.378 e. The molecule has 0 aromatic carbocycles. The number of carbonyl (C=O) groups is 1. The number of fused-ring (bicyclic) bond motifs is 1. The van der Waals surface area contributed by atoms with E-state index in [4.69, 9.17) is 14.2 Å². The van der Waals surface area contributed by atoms with Gasteiger partial charge in [0.15, 0.2) is 11.0 Å². The van der Waals surface area contributed by atoms with Crippen LogP contribution in [-0.2, 0) is 28.9 Å². The number of nitrogens with zero attached hydrogens (tertiary/aromatic N) is 5. The Morgan fingerprint density at radius 1 is 1.35 bits per heavy atom. The molecule has 1 aliphatic heterocycles. The SMILES string of the molecule is Cc1noc(CN(C)C(=O)C2CCc3sc(N4CCOCC4)nc3C2)n1. The molecule has 4 rings (SSSR count). The average Bonchev–Trinajstić information content (AvgIpc) is 3.27. The molecule has 0 saturated carbocycles. The van der Waals surface area contributed by atoms with E-state index >= 15 is 0 Å². The Morgan fingerprint density at radius 2 is 2.15 bits per heavy atom. The Balaban J connectivity index is 1.40. The highest BCUT2D eigenvalue weighted by atomic mass is 32.1. The molecule has 2 aromatic heterocycles. The van der Waals surface area contributed by atoms with Gasteiger partial charge in [0.1, 0.15) is 0 Å². The molecule has 0 bridgehead atoms. The van der Waals surface area contributed by atoms with Gasteiger partial charge in [0.25, 0.3) is 0 Å². The second-order valence-electron chi connectivity index (χ2n) is 6.84. The molecule has 0 N–H and O–H groups in total. The van der Waals surface area contributed by atoms with Crippen LogP contribution < -0.4 is 4.90 Å². The Bertz CT molecular complexity index is 783. The maximum absolute atomic E-state index is 12.8. The number of rotatable bonds is 4. The van der Waals surface area contributed by atoms with Crippen molar-refractivity contribution in [3.8, 4) is 0 Å². The van der Waals surface area contributed by atoms with Gasteiger partial charge in [-0.25, -0.2) is 4.98 Å². The van der Waals surface area contributed by atoms with E-state index in [2.05, 4.69) is 15.0 Å². The van der Waals surface area contributed by atoms with Gasteiger partial charge in [-0.2, -0.15) is 4.98 Å². The first-order valence-electron chi connectivity index (χ1n) is 8.95. The standard InChI is InChI=1S/C17H23N5O3S/c1-11-18-15(25-20-11)10-21(2)16(23)12-3-4-14-13(9-12)19-17(26-14)22-5-7-24-8-6-22/h12H,3-10H2,1-2H3. The second-order valence-corrected chi connectivity index (χ2v) is 7.90.